The van der Waals surface area contributed by atoms with Gasteiger partial charge in [-0.15, -0.1) is 0 Å². The van der Waals surface area contributed by atoms with Crippen LogP contribution in [0.3, 0.4) is 0 Å². The summed E-state index contributed by atoms with van der Waals surface area (Å²) in [5.74, 6) is 1.04. The minimum atomic E-state index is 0.214. The minimum absolute atomic E-state index is 0.214. The third kappa shape index (κ3) is 4.01. The summed E-state index contributed by atoms with van der Waals surface area (Å²) in [6.07, 6.45) is 3.30. The lowest BCUT2D eigenvalue weighted by molar-refractivity contribution is 0.286. The van der Waals surface area contributed by atoms with Crippen LogP contribution >= 0.6 is 15.9 Å². The highest BCUT2D eigenvalue weighted by Crippen LogP contribution is 2.21. The Morgan fingerprint density at radius 1 is 1.53 bits per heavy atom. The van der Waals surface area contributed by atoms with E-state index in [-0.39, 0.29) is 6.61 Å². The fourth-order valence-corrected chi connectivity index (χ4v) is 1.37. The van der Waals surface area contributed by atoms with Crippen molar-refractivity contribution in [1.29, 1.82) is 0 Å². The molecule has 0 bridgehead atoms. The van der Waals surface area contributed by atoms with Crippen LogP contribution in [0.4, 0.5) is 5.95 Å². The van der Waals surface area contributed by atoms with Gasteiger partial charge >= 0.3 is 0 Å². The number of rotatable bonds is 6. The van der Waals surface area contributed by atoms with Gasteiger partial charge in [-0.1, -0.05) is 0 Å². The predicted molar refractivity (Wildman–Crippen MR) is 61.1 cm³/mol. The third-order valence-electron chi connectivity index (χ3n) is 1.77. The van der Waals surface area contributed by atoms with E-state index in [1.54, 1.807) is 13.3 Å². The molecule has 0 saturated heterocycles. The van der Waals surface area contributed by atoms with Crippen LogP contribution in [-0.2, 0) is 0 Å². The van der Waals surface area contributed by atoms with Gasteiger partial charge in [-0.2, -0.15) is 4.98 Å². The second kappa shape index (κ2) is 6.58. The fourth-order valence-electron chi connectivity index (χ4n) is 1.02. The number of aromatic nitrogens is 2. The smallest absolute Gasteiger partial charge is 0.232 e. The van der Waals surface area contributed by atoms with E-state index in [2.05, 4.69) is 31.2 Å². The number of anilines is 1. The average Bonchev–Trinajstić information content (AvgIpc) is 2.26. The summed E-state index contributed by atoms with van der Waals surface area (Å²) >= 11 is 3.27. The molecule has 0 spiro atoms. The molecule has 1 rings (SSSR count). The number of aliphatic hydroxyl groups excluding tert-OH is 1. The van der Waals surface area contributed by atoms with Gasteiger partial charge in [0.25, 0.3) is 0 Å². The fraction of sp³-hybridized carbons (Fsp3) is 0.556. The Morgan fingerprint density at radius 3 is 3.00 bits per heavy atom. The minimum Gasteiger partial charge on any atom is -0.480 e. The summed E-state index contributed by atoms with van der Waals surface area (Å²) in [6, 6.07) is 0. The zero-order valence-corrected chi connectivity index (χ0v) is 10.1. The molecule has 1 heterocycles. The van der Waals surface area contributed by atoms with Gasteiger partial charge in [-0.25, -0.2) is 4.98 Å². The molecule has 0 unspecified atom stereocenters. The number of hydrogen-bond acceptors (Lipinski definition) is 5. The maximum atomic E-state index is 8.60. The van der Waals surface area contributed by atoms with E-state index < -0.39 is 0 Å². The Hall–Kier alpha value is -0.880. The Morgan fingerprint density at radius 2 is 2.33 bits per heavy atom. The molecule has 0 amide bonds. The van der Waals surface area contributed by atoms with Gasteiger partial charge in [0.1, 0.15) is 0 Å². The Balaban J connectivity index is 2.47. The maximum absolute atomic E-state index is 8.60. The molecule has 0 aliphatic carbocycles. The molecular weight excluding hydrogens is 262 g/mol. The van der Waals surface area contributed by atoms with Gasteiger partial charge in [0, 0.05) is 13.2 Å². The molecule has 2 N–H and O–H groups in total. The standard InChI is InChI=1S/C9H14BrN3O2/c1-15-8-7(10)6-12-9(13-8)11-4-2-3-5-14/h6,14H,2-5H2,1H3,(H,11,12,13). The summed E-state index contributed by atoms with van der Waals surface area (Å²) in [4.78, 5) is 8.21. The van der Waals surface area contributed by atoms with Gasteiger partial charge in [0.2, 0.25) is 11.8 Å². The van der Waals surface area contributed by atoms with E-state index in [0.29, 0.717) is 11.8 Å². The normalized spacial score (nSPS) is 10.1. The van der Waals surface area contributed by atoms with E-state index >= 15 is 0 Å². The number of hydrogen-bond donors (Lipinski definition) is 2. The molecule has 0 saturated carbocycles. The Kier molecular flexibility index (Phi) is 5.34. The first kappa shape index (κ1) is 12.2. The van der Waals surface area contributed by atoms with Crippen molar-refractivity contribution in [3.8, 4) is 5.88 Å². The first-order valence-corrected chi connectivity index (χ1v) is 5.48. The second-order valence-corrected chi connectivity index (χ2v) is 3.76. The number of methoxy groups -OCH3 is 1. The Labute approximate surface area is 97.0 Å². The highest BCUT2D eigenvalue weighted by molar-refractivity contribution is 9.10. The van der Waals surface area contributed by atoms with Crippen LogP contribution in [-0.4, -0.2) is 35.3 Å². The molecule has 0 atom stereocenters. The van der Waals surface area contributed by atoms with E-state index in [1.165, 1.54) is 0 Å². The summed E-state index contributed by atoms with van der Waals surface area (Å²) in [7, 11) is 1.56. The second-order valence-electron chi connectivity index (χ2n) is 2.91. The van der Waals surface area contributed by atoms with E-state index in [4.69, 9.17) is 9.84 Å². The van der Waals surface area contributed by atoms with E-state index in [9.17, 15) is 0 Å². The Bertz CT molecular complexity index is 309. The highest BCUT2D eigenvalue weighted by Gasteiger charge is 2.03. The zero-order valence-electron chi connectivity index (χ0n) is 8.53. The number of nitrogens with zero attached hydrogens (tertiary/aromatic N) is 2. The van der Waals surface area contributed by atoms with E-state index in [0.717, 1.165) is 23.9 Å². The molecule has 84 valence electrons. The lowest BCUT2D eigenvalue weighted by atomic mass is 10.3. The van der Waals surface area contributed by atoms with Crippen molar-refractivity contribution in [3.05, 3.63) is 10.7 Å². The third-order valence-corrected chi connectivity index (χ3v) is 2.32. The van der Waals surface area contributed by atoms with Crippen LogP contribution in [0.1, 0.15) is 12.8 Å². The topological polar surface area (TPSA) is 67.3 Å². The van der Waals surface area contributed by atoms with Crippen molar-refractivity contribution in [1.82, 2.24) is 9.97 Å². The quantitative estimate of drug-likeness (QED) is 0.769. The van der Waals surface area contributed by atoms with Crippen molar-refractivity contribution < 1.29 is 9.84 Å². The van der Waals surface area contributed by atoms with Crippen molar-refractivity contribution in [2.75, 3.05) is 25.6 Å². The number of nitrogens with one attached hydrogen (secondary N) is 1. The van der Waals surface area contributed by atoms with Crippen LogP contribution in [0.15, 0.2) is 10.7 Å². The number of aliphatic hydroxyl groups is 1. The lowest BCUT2D eigenvalue weighted by Gasteiger charge is -2.06. The molecule has 0 aliphatic heterocycles. The zero-order chi connectivity index (χ0) is 11.1. The molecule has 0 radical (unpaired) electrons. The van der Waals surface area contributed by atoms with Crippen LogP contribution in [0.2, 0.25) is 0 Å². The van der Waals surface area contributed by atoms with Gasteiger partial charge in [0.15, 0.2) is 0 Å². The molecule has 0 aliphatic rings. The average molecular weight is 276 g/mol. The van der Waals surface area contributed by atoms with Crippen LogP contribution in [0, 0.1) is 0 Å². The molecule has 0 aromatic carbocycles. The van der Waals surface area contributed by atoms with E-state index in [1.807, 2.05) is 0 Å². The van der Waals surface area contributed by atoms with Gasteiger partial charge in [0.05, 0.1) is 17.8 Å². The number of ether oxygens (including phenoxy) is 1. The monoisotopic (exact) mass is 275 g/mol. The number of halogens is 1. The molecule has 0 fully saturated rings. The van der Waals surface area contributed by atoms with Gasteiger partial charge in [-0.3, -0.25) is 0 Å². The first-order valence-electron chi connectivity index (χ1n) is 4.69. The number of unbranched alkanes of at least 4 members (excludes halogenated alkanes) is 1. The highest BCUT2D eigenvalue weighted by atomic mass is 79.9. The summed E-state index contributed by atoms with van der Waals surface area (Å²) in [6.45, 7) is 0.956. The lowest BCUT2D eigenvalue weighted by Crippen LogP contribution is -2.06. The molecule has 1 aromatic heterocycles. The predicted octanol–water partition coefficient (Wildman–Crippen LogP) is 1.43. The molecule has 5 nitrogen and oxygen atoms in total. The summed E-state index contributed by atoms with van der Waals surface area (Å²) < 4.78 is 5.76. The molecule has 1 aromatic rings. The van der Waals surface area contributed by atoms with Gasteiger partial charge < -0.3 is 15.2 Å². The molecule has 6 heteroatoms. The molecule has 15 heavy (non-hydrogen) atoms. The maximum Gasteiger partial charge on any atom is 0.232 e. The van der Waals surface area contributed by atoms with Crippen molar-refractivity contribution in [2.24, 2.45) is 0 Å². The van der Waals surface area contributed by atoms with Crippen LogP contribution in [0.5, 0.6) is 5.88 Å². The summed E-state index contributed by atoms with van der Waals surface area (Å²) in [5, 5.41) is 11.6. The van der Waals surface area contributed by atoms with Crippen LogP contribution < -0.4 is 10.1 Å². The van der Waals surface area contributed by atoms with Crippen molar-refractivity contribution in [2.45, 2.75) is 12.8 Å². The first-order chi connectivity index (χ1) is 7.27. The van der Waals surface area contributed by atoms with Crippen LogP contribution in [0.25, 0.3) is 0 Å². The van der Waals surface area contributed by atoms with Crippen molar-refractivity contribution in [3.63, 3.8) is 0 Å². The molecular formula is C9H14BrN3O2. The SMILES string of the molecule is COc1nc(NCCCCO)ncc1Br. The van der Waals surface area contributed by atoms with Gasteiger partial charge in [-0.05, 0) is 28.8 Å². The largest absolute Gasteiger partial charge is 0.480 e. The summed E-state index contributed by atoms with van der Waals surface area (Å²) in [5.41, 5.74) is 0. The van der Waals surface area contributed by atoms with Crippen molar-refractivity contribution >= 4 is 21.9 Å².